The molecule has 2 amide bonds. The van der Waals surface area contributed by atoms with E-state index in [4.69, 9.17) is 4.74 Å². The Kier molecular flexibility index (Phi) is 2.99. The SMILES string of the molecule is O=C1[C@@H]2[C@H]3C=C[C@@H]([C@@H]4C[C@@H]34)[C@H]2C(=O)N1c1ccc(Oc2ccccc2)cc1. The van der Waals surface area contributed by atoms with Crippen molar-refractivity contribution in [2.75, 3.05) is 4.90 Å². The van der Waals surface area contributed by atoms with Crippen molar-refractivity contribution in [3.63, 3.8) is 0 Å². The number of hydrogen-bond donors (Lipinski definition) is 0. The number of carbonyl (C=O) groups excluding carboxylic acids is 2. The van der Waals surface area contributed by atoms with Gasteiger partial charge >= 0.3 is 0 Å². The van der Waals surface area contributed by atoms with E-state index in [1.165, 1.54) is 11.3 Å². The standard InChI is InChI=1S/C23H19NO3/c25-22-20-16-10-11-17(19-12-18(16)19)21(20)23(26)24(22)13-6-8-15(9-7-13)27-14-4-2-1-3-5-14/h1-11,16-21H,12H2/t16-,17-,18-,19-,20+,21+/m0/s1. The highest BCUT2D eigenvalue weighted by Crippen LogP contribution is 2.65. The van der Waals surface area contributed by atoms with Crippen LogP contribution in [0.2, 0.25) is 0 Å². The number of ether oxygens (including phenoxy) is 1. The van der Waals surface area contributed by atoms with Crippen molar-refractivity contribution < 1.29 is 14.3 Å². The third-order valence-corrected chi connectivity index (χ3v) is 6.74. The Bertz CT molecular complexity index is 929. The quantitative estimate of drug-likeness (QED) is 0.615. The number of hydrogen-bond acceptors (Lipinski definition) is 3. The molecule has 0 radical (unpaired) electrons. The summed E-state index contributed by atoms with van der Waals surface area (Å²) in [7, 11) is 0. The monoisotopic (exact) mass is 357 g/mol. The van der Waals surface area contributed by atoms with Gasteiger partial charge in [-0.1, -0.05) is 30.4 Å². The first kappa shape index (κ1) is 15.2. The highest BCUT2D eigenvalue weighted by molar-refractivity contribution is 6.22. The second kappa shape index (κ2) is 5.32. The number of anilines is 1. The first-order valence-corrected chi connectivity index (χ1v) is 9.61. The third kappa shape index (κ3) is 2.10. The lowest BCUT2D eigenvalue weighted by atomic mass is 9.63. The smallest absolute Gasteiger partial charge is 0.238 e. The maximum absolute atomic E-state index is 13.1. The molecule has 1 aliphatic heterocycles. The van der Waals surface area contributed by atoms with Crippen LogP contribution < -0.4 is 9.64 Å². The number of benzene rings is 2. The molecule has 2 aromatic rings. The van der Waals surface area contributed by atoms with Crippen LogP contribution in [0.15, 0.2) is 66.7 Å². The molecule has 4 heteroatoms. The fraction of sp³-hybridized carbons (Fsp3) is 0.304. The first-order valence-electron chi connectivity index (χ1n) is 9.61. The lowest BCUT2D eigenvalue weighted by Gasteiger charge is -2.37. The lowest BCUT2D eigenvalue weighted by molar-refractivity contribution is -0.124. The number of allylic oxidation sites excluding steroid dienone is 2. The van der Waals surface area contributed by atoms with Crippen molar-refractivity contribution >= 4 is 17.5 Å². The average molecular weight is 357 g/mol. The molecule has 134 valence electrons. The van der Waals surface area contributed by atoms with E-state index in [1.807, 2.05) is 54.6 Å². The molecular weight excluding hydrogens is 338 g/mol. The third-order valence-electron chi connectivity index (χ3n) is 6.74. The van der Waals surface area contributed by atoms with Gasteiger partial charge in [-0.25, -0.2) is 0 Å². The molecule has 6 atom stereocenters. The first-order chi connectivity index (χ1) is 13.2. The van der Waals surface area contributed by atoms with Crippen molar-refractivity contribution in [2.24, 2.45) is 35.5 Å². The zero-order valence-corrected chi connectivity index (χ0v) is 14.7. The molecule has 0 N–H and O–H groups in total. The summed E-state index contributed by atoms with van der Waals surface area (Å²) >= 11 is 0. The zero-order chi connectivity index (χ0) is 18.1. The van der Waals surface area contributed by atoms with E-state index in [0.29, 0.717) is 23.3 Å². The number of para-hydroxylation sites is 1. The molecule has 2 bridgehead atoms. The molecule has 1 heterocycles. The van der Waals surface area contributed by atoms with Gasteiger partial charge in [-0.3, -0.25) is 14.5 Å². The van der Waals surface area contributed by atoms with Gasteiger partial charge in [0.25, 0.3) is 0 Å². The highest BCUT2D eigenvalue weighted by atomic mass is 16.5. The van der Waals surface area contributed by atoms with Crippen molar-refractivity contribution in [3.05, 3.63) is 66.7 Å². The highest BCUT2D eigenvalue weighted by Gasteiger charge is 2.67. The van der Waals surface area contributed by atoms with Crippen LogP contribution in [0.1, 0.15) is 6.42 Å². The number of imide groups is 1. The summed E-state index contributed by atoms with van der Waals surface area (Å²) in [6.07, 6.45) is 5.58. The molecule has 3 fully saturated rings. The maximum atomic E-state index is 13.1. The van der Waals surface area contributed by atoms with Gasteiger partial charge in [0.1, 0.15) is 11.5 Å². The Morgan fingerprint density at radius 3 is 1.89 bits per heavy atom. The summed E-state index contributed by atoms with van der Waals surface area (Å²) in [4.78, 5) is 27.7. The summed E-state index contributed by atoms with van der Waals surface area (Å²) < 4.78 is 5.81. The van der Waals surface area contributed by atoms with Crippen LogP contribution >= 0.6 is 0 Å². The minimum Gasteiger partial charge on any atom is -0.457 e. The summed E-state index contributed by atoms with van der Waals surface area (Å²) in [5, 5.41) is 0. The van der Waals surface area contributed by atoms with Crippen LogP contribution in [0.25, 0.3) is 0 Å². The molecule has 27 heavy (non-hydrogen) atoms. The van der Waals surface area contributed by atoms with Gasteiger partial charge in [-0.2, -0.15) is 0 Å². The molecule has 4 aliphatic carbocycles. The van der Waals surface area contributed by atoms with E-state index in [0.717, 1.165) is 5.75 Å². The molecular formula is C23H19NO3. The van der Waals surface area contributed by atoms with Crippen molar-refractivity contribution in [2.45, 2.75) is 6.42 Å². The van der Waals surface area contributed by atoms with Gasteiger partial charge < -0.3 is 4.74 Å². The van der Waals surface area contributed by atoms with Crippen molar-refractivity contribution in [1.82, 2.24) is 0 Å². The van der Waals surface area contributed by atoms with Crippen LogP contribution in [0.3, 0.4) is 0 Å². The van der Waals surface area contributed by atoms with Gasteiger partial charge in [0, 0.05) is 0 Å². The molecule has 0 spiro atoms. The van der Waals surface area contributed by atoms with Gasteiger partial charge in [0.2, 0.25) is 11.8 Å². The van der Waals surface area contributed by atoms with Crippen LogP contribution in [0.4, 0.5) is 5.69 Å². The van der Waals surface area contributed by atoms with E-state index in [9.17, 15) is 9.59 Å². The van der Waals surface area contributed by atoms with Crippen LogP contribution in [0, 0.1) is 35.5 Å². The van der Waals surface area contributed by atoms with E-state index >= 15 is 0 Å². The minimum absolute atomic E-state index is 0.0218. The Morgan fingerprint density at radius 1 is 0.741 bits per heavy atom. The van der Waals surface area contributed by atoms with Crippen molar-refractivity contribution in [3.8, 4) is 11.5 Å². The number of rotatable bonds is 3. The van der Waals surface area contributed by atoms with E-state index < -0.39 is 0 Å². The molecule has 4 nitrogen and oxygen atoms in total. The van der Waals surface area contributed by atoms with Crippen LogP contribution in [-0.2, 0) is 9.59 Å². The second-order valence-corrected chi connectivity index (χ2v) is 8.08. The largest absolute Gasteiger partial charge is 0.457 e. The fourth-order valence-electron chi connectivity index (χ4n) is 5.50. The summed E-state index contributed by atoms with van der Waals surface area (Å²) in [6.45, 7) is 0. The molecule has 2 saturated carbocycles. The number of nitrogens with zero attached hydrogens (tertiary/aromatic N) is 1. The van der Waals surface area contributed by atoms with Gasteiger partial charge in [0.05, 0.1) is 17.5 Å². The van der Waals surface area contributed by atoms with Gasteiger partial charge in [-0.05, 0) is 66.5 Å². The van der Waals surface area contributed by atoms with Crippen LogP contribution in [-0.4, -0.2) is 11.8 Å². The predicted octanol–water partition coefficient (Wildman–Crippen LogP) is 4.04. The molecule has 2 aromatic carbocycles. The molecule has 0 unspecified atom stereocenters. The zero-order valence-electron chi connectivity index (χ0n) is 14.7. The Labute approximate surface area is 157 Å². The van der Waals surface area contributed by atoms with Gasteiger partial charge in [0.15, 0.2) is 0 Å². The minimum atomic E-state index is -0.156. The molecule has 1 saturated heterocycles. The Hall–Kier alpha value is -2.88. The van der Waals surface area contributed by atoms with Crippen molar-refractivity contribution in [1.29, 1.82) is 0 Å². The van der Waals surface area contributed by atoms with E-state index in [1.54, 1.807) is 0 Å². The van der Waals surface area contributed by atoms with E-state index in [-0.39, 0.29) is 35.5 Å². The number of amides is 2. The summed E-state index contributed by atoms with van der Waals surface area (Å²) in [6, 6.07) is 16.8. The second-order valence-electron chi connectivity index (χ2n) is 8.08. The average Bonchev–Trinajstić information content (AvgIpc) is 3.48. The van der Waals surface area contributed by atoms with Gasteiger partial charge in [-0.15, -0.1) is 0 Å². The normalized spacial score (nSPS) is 35.2. The Morgan fingerprint density at radius 2 is 1.30 bits per heavy atom. The molecule has 0 aromatic heterocycles. The lowest BCUT2D eigenvalue weighted by Crippen LogP contribution is -2.40. The van der Waals surface area contributed by atoms with Crippen LogP contribution in [0.5, 0.6) is 11.5 Å². The molecule has 5 aliphatic rings. The summed E-state index contributed by atoms with van der Waals surface area (Å²) in [5.74, 6) is 2.85. The number of carbonyl (C=O) groups is 2. The molecule has 7 rings (SSSR count). The Balaban J connectivity index is 1.28. The predicted molar refractivity (Wildman–Crippen MR) is 100 cm³/mol. The fourth-order valence-corrected chi connectivity index (χ4v) is 5.50. The van der Waals surface area contributed by atoms with E-state index in [2.05, 4.69) is 12.2 Å². The topological polar surface area (TPSA) is 46.6 Å². The maximum Gasteiger partial charge on any atom is 0.238 e. The summed E-state index contributed by atoms with van der Waals surface area (Å²) in [5.41, 5.74) is 0.646.